The second-order valence-corrected chi connectivity index (χ2v) is 5.92. The Kier molecular flexibility index (Phi) is 4.30. The lowest BCUT2D eigenvalue weighted by Gasteiger charge is -2.35. The number of hydrogen-bond acceptors (Lipinski definition) is 3. The van der Waals surface area contributed by atoms with E-state index in [1.165, 1.54) is 12.4 Å². The van der Waals surface area contributed by atoms with Crippen LogP contribution in [0.4, 0.5) is 18.9 Å². The van der Waals surface area contributed by atoms with Gasteiger partial charge in [-0.3, -0.25) is 4.68 Å². The van der Waals surface area contributed by atoms with Crippen molar-refractivity contribution in [2.75, 3.05) is 18.1 Å². The summed E-state index contributed by atoms with van der Waals surface area (Å²) in [7, 11) is 0. The smallest absolute Gasteiger partial charge is 0.396 e. The summed E-state index contributed by atoms with van der Waals surface area (Å²) in [4.78, 5) is 2.09. The molecular formula is C16H18F3N3O. The highest BCUT2D eigenvalue weighted by atomic mass is 19.4. The molecule has 23 heavy (non-hydrogen) atoms. The van der Waals surface area contributed by atoms with Crippen molar-refractivity contribution in [3.8, 4) is 0 Å². The number of para-hydroxylation sites is 1. The average Bonchev–Trinajstić information content (AvgIpc) is 2.92. The third-order valence-electron chi connectivity index (χ3n) is 3.98. The Hall–Kier alpha value is -2.02. The largest absolute Gasteiger partial charge is 0.408 e. The lowest BCUT2D eigenvalue weighted by atomic mass is 9.93. The molecule has 1 N–H and O–H groups in total. The van der Waals surface area contributed by atoms with Crippen LogP contribution in [0.3, 0.4) is 0 Å². The van der Waals surface area contributed by atoms with Crippen molar-refractivity contribution < 1.29 is 18.3 Å². The number of rotatable bonds is 4. The SMILES string of the molecule is OCC1Cc2ccccc2N(Cc2cnn(CC(F)(F)F)c2)C1. The molecule has 1 aromatic carbocycles. The summed E-state index contributed by atoms with van der Waals surface area (Å²) in [5.41, 5.74) is 2.95. The normalized spacial score (nSPS) is 18.1. The van der Waals surface area contributed by atoms with Gasteiger partial charge in [0.1, 0.15) is 6.54 Å². The molecule has 0 amide bonds. The minimum Gasteiger partial charge on any atom is -0.396 e. The molecule has 2 heterocycles. The van der Waals surface area contributed by atoms with Crippen LogP contribution in [0.25, 0.3) is 0 Å². The second kappa shape index (κ2) is 6.23. The summed E-state index contributed by atoms with van der Waals surface area (Å²) >= 11 is 0. The molecule has 4 nitrogen and oxygen atoms in total. The lowest BCUT2D eigenvalue weighted by molar-refractivity contribution is -0.142. The zero-order valence-corrected chi connectivity index (χ0v) is 12.5. The Morgan fingerprint density at radius 2 is 2.04 bits per heavy atom. The molecule has 1 aromatic heterocycles. The maximum Gasteiger partial charge on any atom is 0.408 e. The van der Waals surface area contributed by atoms with E-state index in [9.17, 15) is 18.3 Å². The van der Waals surface area contributed by atoms with Crippen LogP contribution >= 0.6 is 0 Å². The molecule has 3 rings (SSSR count). The van der Waals surface area contributed by atoms with E-state index in [0.29, 0.717) is 13.1 Å². The molecule has 0 saturated carbocycles. The monoisotopic (exact) mass is 325 g/mol. The van der Waals surface area contributed by atoms with Gasteiger partial charge in [0.2, 0.25) is 0 Å². The Balaban J connectivity index is 1.77. The van der Waals surface area contributed by atoms with Gasteiger partial charge in [0.15, 0.2) is 0 Å². The first kappa shape index (κ1) is 15.9. The van der Waals surface area contributed by atoms with E-state index in [0.717, 1.165) is 27.9 Å². The molecular weight excluding hydrogens is 307 g/mol. The van der Waals surface area contributed by atoms with E-state index in [1.807, 2.05) is 24.3 Å². The van der Waals surface area contributed by atoms with Crippen LogP contribution in [0, 0.1) is 5.92 Å². The fourth-order valence-electron chi connectivity index (χ4n) is 3.03. The predicted octanol–water partition coefficient (Wildman–Crippen LogP) is 2.62. The number of aliphatic hydroxyl groups excluding tert-OH is 1. The van der Waals surface area contributed by atoms with Crippen molar-refractivity contribution in [2.24, 2.45) is 5.92 Å². The Labute approximate surface area is 132 Å². The van der Waals surface area contributed by atoms with Crippen molar-refractivity contribution in [2.45, 2.75) is 25.7 Å². The summed E-state index contributed by atoms with van der Waals surface area (Å²) in [5, 5.41) is 13.2. The fourth-order valence-corrected chi connectivity index (χ4v) is 3.03. The number of anilines is 1. The molecule has 0 saturated heterocycles. The highest BCUT2D eigenvalue weighted by Crippen LogP contribution is 2.30. The maximum absolute atomic E-state index is 12.4. The summed E-state index contributed by atoms with van der Waals surface area (Å²) in [6.45, 7) is 0.171. The van der Waals surface area contributed by atoms with Crippen molar-refractivity contribution in [3.05, 3.63) is 47.8 Å². The zero-order valence-electron chi connectivity index (χ0n) is 12.5. The first-order valence-electron chi connectivity index (χ1n) is 7.46. The van der Waals surface area contributed by atoms with E-state index in [1.54, 1.807) is 0 Å². The van der Waals surface area contributed by atoms with Gasteiger partial charge in [0, 0.05) is 43.1 Å². The number of fused-ring (bicyclic) bond motifs is 1. The molecule has 0 aliphatic carbocycles. The van der Waals surface area contributed by atoms with Crippen molar-refractivity contribution in [1.82, 2.24) is 9.78 Å². The number of hydrogen-bond donors (Lipinski definition) is 1. The van der Waals surface area contributed by atoms with Gasteiger partial charge in [-0.25, -0.2) is 0 Å². The van der Waals surface area contributed by atoms with E-state index in [-0.39, 0.29) is 12.5 Å². The van der Waals surface area contributed by atoms with Gasteiger partial charge >= 0.3 is 6.18 Å². The van der Waals surface area contributed by atoms with E-state index < -0.39 is 12.7 Å². The molecule has 1 aliphatic rings. The number of aliphatic hydroxyl groups is 1. The number of alkyl halides is 3. The van der Waals surface area contributed by atoms with Crippen LogP contribution in [0.2, 0.25) is 0 Å². The van der Waals surface area contributed by atoms with Crippen molar-refractivity contribution in [3.63, 3.8) is 0 Å². The topological polar surface area (TPSA) is 41.3 Å². The predicted molar refractivity (Wildman–Crippen MR) is 80.1 cm³/mol. The Morgan fingerprint density at radius 1 is 1.26 bits per heavy atom. The highest BCUT2D eigenvalue weighted by molar-refractivity contribution is 5.56. The van der Waals surface area contributed by atoms with Crippen molar-refractivity contribution >= 4 is 5.69 Å². The van der Waals surface area contributed by atoms with Gasteiger partial charge in [-0.2, -0.15) is 18.3 Å². The summed E-state index contributed by atoms with van der Waals surface area (Å²) in [6.07, 6.45) is -0.560. The minimum absolute atomic E-state index is 0.0954. The van der Waals surface area contributed by atoms with Crippen LogP contribution in [-0.4, -0.2) is 34.2 Å². The number of benzene rings is 1. The number of aromatic nitrogens is 2. The van der Waals surface area contributed by atoms with Gasteiger partial charge < -0.3 is 10.0 Å². The third kappa shape index (κ3) is 3.85. The van der Waals surface area contributed by atoms with Crippen LogP contribution in [0.15, 0.2) is 36.7 Å². The van der Waals surface area contributed by atoms with E-state index in [2.05, 4.69) is 10.00 Å². The molecule has 0 spiro atoms. The van der Waals surface area contributed by atoms with Crippen LogP contribution in [0.5, 0.6) is 0 Å². The summed E-state index contributed by atoms with van der Waals surface area (Å²) in [6, 6.07) is 7.93. The summed E-state index contributed by atoms with van der Waals surface area (Å²) < 4.78 is 38.1. The molecule has 1 aliphatic heterocycles. The minimum atomic E-state index is -4.27. The quantitative estimate of drug-likeness (QED) is 0.939. The first-order chi connectivity index (χ1) is 10.9. The van der Waals surface area contributed by atoms with Gasteiger partial charge in [0.05, 0.1) is 6.20 Å². The highest BCUT2D eigenvalue weighted by Gasteiger charge is 2.29. The average molecular weight is 325 g/mol. The van der Waals surface area contributed by atoms with E-state index in [4.69, 9.17) is 0 Å². The van der Waals surface area contributed by atoms with Gasteiger partial charge in [0.25, 0.3) is 0 Å². The molecule has 2 aromatic rings. The third-order valence-corrected chi connectivity index (χ3v) is 3.98. The van der Waals surface area contributed by atoms with Crippen LogP contribution in [0.1, 0.15) is 11.1 Å². The zero-order chi connectivity index (χ0) is 16.4. The Morgan fingerprint density at radius 3 is 2.78 bits per heavy atom. The van der Waals surface area contributed by atoms with Crippen LogP contribution < -0.4 is 4.90 Å². The molecule has 7 heteroatoms. The van der Waals surface area contributed by atoms with Gasteiger partial charge in [-0.1, -0.05) is 18.2 Å². The van der Waals surface area contributed by atoms with Crippen LogP contribution in [-0.2, 0) is 19.5 Å². The molecule has 124 valence electrons. The molecule has 1 unspecified atom stereocenters. The van der Waals surface area contributed by atoms with Gasteiger partial charge in [-0.05, 0) is 18.1 Å². The second-order valence-electron chi connectivity index (χ2n) is 5.92. The van der Waals surface area contributed by atoms with Gasteiger partial charge in [-0.15, -0.1) is 0 Å². The standard InChI is InChI=1S/C16H18F3N3O/c17-16(18,19)11-22-9-13(6-20-22)8-21-7-12(10-23)5-14-3-1-2-4-15(14)21/h1-4,6,9,12,23H,5,7-8,10-11H2. The molecule has 0 fully saturated rings. The number of halogens is 3. The first-order valence-corrected chi connectivity index (χ1v) is 7.46. The Bertz CT molecular complexity index is 669. The molecule has 0 bridgehead atoms. The maximum atomic E-state index is 12.4. The fraction of sp³-hybridized carbons (Fsp3) is 0.438. The number of nitrogens with zero attached hydrogens (tertiary/aromatic N) is 3. The van der Waals surface area contributed by atoms with E-state index >= 15 is 0 Å². The molecule has 1 atom stereocenters. The lowest BCUT2D eigenvalue weighted by Crippen LogP contribution is -2.36. The molecule has 0 radical (unpaired) electrons. The summed E-state index contributed by atoms with van der Waals surface area (Å²) in [5.74, 6) is 0.134. The van der Waals surface area contributed by atoms with Crippen molar-refractivity contribution in [1.29, 1.82) is 0 Å².